The number of hydrogen-bond donors (Lipinski definition) is 1. The highest BCUT2D eigenvalue weighted by Crippen LogP contribution is 2.29. The summed E-state index contributed by atoms with van der Waals surface area (Å²) in [5, 5.41) is 7.39. The standard InChI is InChI=1S/C25H28N2O2S/c1-18-6-5-7-19(2)25(18)29-16-24(28)26-14-23(22-11-13-30-17-22)27-12-10-20-8-3-4-9-21(20)15-27/h3-9,11,13,17,23H,10,12,14-16H2,1-2H3,(H,26,28). The molecule has 1 aromatic heterocycles. The number of hydrogen-bond acceptors (Lipinski definition) is 4. The van der Waals surface area contributed by atoms with Crippen LogP contribution in [0.2, 0.25) is 0 Å². The number of rotatable bonds is 7. The van der Waals surface area contributed by atoms with E-state index in [1.54, 1.807) is 11.3 Å². The minimum atomic E-state index is -0.0877. The molecule has 156 valence electrons. The first-order chi connectivity index (χ1) is 14.6. The van der Waals surface area contributed by atoms with Gasteiger partial charge >= 0.3 is 0 Å². The van der Waals surface area contributed by atoms with E-state index in [0.29, 0.717) is 6.54 Å². The number of nitrogens with one attached hydrogen (secondary N) is 1. The van der Waals surface area contributed by atoms with E-state index in [1.165, 1.54) is 16.7 Å². The second-order valence-corrected chi connectivity index (χ2v) is 8.66. The Labute approximate surface area is 182 Å². The van der Waals surface area contributed by atoms with Gasteiger partial charge < -0.3 is 10.1 Å². The van der Waals surface area contributed by atoms with E-state index in [2.05, 4.69) is 51.3 Å². The van der Waals surface area contributed by atoms with E-state index < -0.39 is 0 Å². The molecule has 4 rings (SSSR count). The molecule has 0 aliphatic carbocycles. The fourth-order valence-electron chi connectivity index (χ4n) is 4.13. The van der Waals surface area contributed by atoms with Gasteiger partial charge in [0.15, 0.2) is 6.61 Å². The molecule has 0 bridgehead atoms. The summed E-state index contributed by atoms with van der Waals surface area (Å²) < 4.78 is 5.82. The summed E-state index contributed by atoms with van der Waals surface area (Å²) in [7, 11) is 0. The Hall–Kier alpha value is -2.63. The molecule has 1 amide bonds. The van der Waals surface area contributed by atoms with Gasteiger partial charge in [0.1, 0.15) is 5.75 Å². The van der Waals surface area contributed by atoms with E-state index in [4.69, 9.17) is 4.74 Å². The monoisotopic (exact) mass is 420 g/mol. The van der Waals surface area contributed by atoms with Crippen LogP contribution in [0.25, 0.3) is 0 Å². The highest BCUT2D eigenvalue weighted by atomic mass is 32.1. The highest BCUT2D eigenvalue weighted by molar-refractivity contribution is 7.07. The van der Waals surface area contributed by atoms with Crippen LogP contribution in [0.4, 0.5) is 0 Å². The summed E-state index contributed by atoms with van der Waals surface area (Å²) in [6.45, 7) is 6.51. The van der Waals surface area contributed by atoms with Crippen molar-refractivity contribution in [2.75, 3.05) is 19.7 Å². The molecule has 1 unspecified atom stereocenters. The fraction of sp³-hybridized carbons (Fsp3) is 0.320. The molecule has 1 N–H and O–H groups in total. The summed E-state index contributed by atoms with van der Waals surface area (Å²) in [6.07, 6.45) is 1.04. The van der Waals surface area contributed by atoms with Crippen LogP contribution in [0, 0.1) is 13.8 Å². The van der Waals surface area contributed by atoms with Crippen molar-refractivity contribution in [1.29, 1.82) is 0 Å². The van der Waals surface area contributed by atoms with E-state index in [9.17, 15) is 4.79 Å². The van der Waals surface area contributed by atoms with Crippen molar-refractivity contribution in [2.24, 2.45) is 0 Å². The number of aryl methyl sites for hydroxylation is 2. The SMILES string of the molecule is Cc1cccc(C)c1OCC(=O)NCC(c1ccsc1)N1CCc2ccccc2C1. The largest absolute Gasteiger partial charge is 0.483 e. The van der Waals surface area contributed by atoms with Gasteiger partial charge in [-0.15, -0.1) is 0 Å². The lowest BCUT2D eigenvalue weighted by molar-refractivity contribution is -0.123. The Bertz CT molecular complexity index is 980. The number of thiophene rings is 1. The zero-order valence-electron chi connectivity index (χ0n) is 17.6. The predicted octanol–water partition coefficient (Wildman–Crippen LogP) is 4.66. The Morgan fingerprint density at radius 1 is 1.10 bits per heavy atom. The van der Waals surface area contributed by atoms with Crippen molar-refractivity contribution >= 4 is 17.2 Å². The maximum atomic E-state index is 12.5. The number of fused-ring (bicyclic) bond motifs is 1. The van der Waals surface area contributed by atoms with Crippen LogP contribution in [0.5, 0.6) is 5.75 Å². The molecule has 5 heteroatoms. The van der Waals surface area contributed by atoms with E-state index >= 15 is 0 Å². The molecule has 30 heavy (non-hydrogen) atoms. The number of ether oxygens (including phenoxy) is 1. The average molecular weight is 421 g/mol. The third kappa shape index (κ3) is 4.74. The quantitative estimate of drug-likeness (QED) is 0.604. The van der Waals surface area contributed by atoms with Crippen molar-refractivity contribution in [3.8, 4) is 5.75 Å². The Morgan fingerprint density at radius 2 is 1.87 bits per heavy atom. The van der Waals surface area contributed by atoms with Gasteiger partial charge in [-0.2, -0.15) is 11.3 Å². The zero-order chi connectivity index (χ0) is 20.9. The van der Waals surface area contributed by atoms with E-state index in [1.807, 2.05) is 32.0 Å². The zero-order valence-corrected chi connectivity index (χ0v) is 18.4. The molecule has 0 spiro atoms. The summed E-state index contributed by atoms with van der Waals surface area (Å²) in [6, 6.07) is 17.0. The van der Waals surface area contributed by atoms with Crippen molar-refractivity contribution in [3.05, 3.63) is 87.1 Å². The summed E-state index contributed by atoms with van der Waals surface area (Å²) in [4.78, 5) is 15.0. The second-order valence-electron chi connectivity index (χ2n) is 7.88. The maximum absolute atomic E-state index is 12.5. The Balaban J connectivity index is 1.39. The molecule has 3 aromatic rings. The van der Waals surface area contributed by atoms with Crippen molar-refractivity contribution in [3.63, 3.8) is 0 Å². The van der Waals surface area contributed by atoms with Crippen LogP contribution in [-0.4, -0.2) is 30.5 Å². The topological polar surface area (TPSA) is 41.6 Å². The number of benzene rings is 2. The average Bonchev–Trinajstić information content (AvgIpc) is 3.28. The first-order valence-electron chi connectivity index (χ1n) is 10.4. The molecular formula is C25H28N2O2S. The first kappa shape index (κ1) is 20.6. The predicted molar refractivity (Wildman–Crippen MR) is 122 cm³/mol. The molecule has 4 nitrogen and oxygen atoms in total. The van der Waals surface area contributed by atoms with Crippen LogP contribution in [0.3, 0.4) is 0 Å². The number of para-hydroxylation sites is 1. The number of carbonyl (C=O) groups is 1. The van der Waals surface area contributed by atoms with E-state index in [0.717, 1.165) is 36.4 Å². The van der Waals surface area contributed by atoms with Gasteiger partial charge in [-0.1, -0.05) is 42.5 Å². The molecule has 2 heterocycles. The normalized spacial score (nSPS) is 14.7. The smallest absolute Gasteiger partial charge is 0.258 e. The molecule has 2 aromatic carbocycles. The van der Waals surface area contributed by atoms with Gasteiger partial charge in [0.2, 0.25) is 0 Å². The summed E-state index contributed by atoms with van der Waals surface area (Å²) in [5.74, 6) is 0.713. The van der Waals surface area contributed by atoms with Crippen molar-refractivity contribution in [2.45, 2.75) is 32.9 Å². The Kier molecular flexibility index (Phi) is 6.50. The van der Waals surface area contributed by atoms with Crippen LogP contribution in [-0.2, 0) is 17.8 Å². The van der Waals surface area contributed by atoms with Gasteiger partial charge in [-0.05, 0) is 64.9 Å². The minimum Gasteiger partial charge on any atom is -0.483 e. The molecule has 0 saturated carbocycles. The number of amides is 1. The third-order valence-corrected chi connectivity index (χ3v) is 6.48. The van der Waals surface area contributed by atoms with Gasteiger partial charge in [0, 0.05) is 19.6 Å². The minimum absolute atomic E-state index is 0.0326. The highest BCUT2D eigenvalue weighted by Gasteiger charge is 2.25. The van der Waals surface area contributed by atoms with Crippen LogP contribution < -0.4 is 10.1 Å². The van der Waals surface area contributed by atoms with Gasteiger partial charge in [-0.3, -0.25) is 9.69 Å². The molecule has 0 radical (unpaired) electrons. The van der Waals surface area contributed by atoms with Crippen LogP contribution in [0.1, 0.15) is 33.9 Å². The number of carbonyl (C=O) groups excluding carboxylic acids is 1. The third-order valence-electron chi connectivity index (χ3n) is 5.78. The maximum Gasteiger partial charge on any atom is 0.258 e. The lowest BCUT2D eigenvalue weighted by Crippen LogP contribution is -2.41. The van der Waals surface area contributed by atoms with Crippen molar-refractivity contribution in [1.82, 2.24) is 10.2 Å². The molecule has 0 saturated heterocycles. The van der Waals surface area contributed by atoms with Gasteiger partial charge in [0.05, 0.1) is 6.04 Å². The van der Waals surface area contributed by atoms with Crippen molar-refractivity contribution < 1.29 is 9.53 Å². The van der Waals surface area contributed by atoms with Gasteiger partial charge in [-0.25, -0.2) is 0 Å². The van der Waals surface area contributed by atoms with Gasteiger partial charge in [0.25, 0.3) is 5.91 Å². The van der Waals surface area contributed by atoms with Crippen LogP contribution in [0.15, 0.2) is 59.3 Å². The lowest BCUT2D eigenvalue weighted by Gasteiger charge is -2.35. The Morgan fingerprint density at radius 3 is 2.60 bits per heavy atom. The molecule has 1 aliphatic rings. The molecule has 0 fully saturated rings. The first-order valence-corrected chi connectivity index (χ1v) is 11.3. The van der Waals surface area contributed by atoms with Crippen LogP contribution >= 0.6 is 11.3 Å². The second kappa shape index (κ2) is 9.45. The molecule has 1 atom stereocenters. The summed E-state index contributed by atoms with van der Waals surface area (Å²) >= 11 is 1.70. The lowest BCUT2D eigenvalue weighted by atomic mass is 9.97. The summed E-state index contributed by atoms with van der Waals surface area (Å²) in [5.41, 5.74) is 6.17. The number of nitrogens with zero attached hydrogens (tertiary/aromatic N) is 1. The van der Waals surface area contributed by atoms with E-state index in [-0.39, 0.29) is 18.6 Å². The molecule has 1 aliphatic heterocycles. The molecular weight excluding hydrogens is 392 g/mol. The fourth-order valence-corrected chi connectivity index (χ4v) is 4.84.